The third-order valence-corrected chi connectivity index (χ3v) is 3.95. The second kappa shape index (κ2) is 9.91. The molecule has 0 atom stereocenters. The van der Waals surface area contributed by atoms with Crippen LogP contribution in [-0.2, 0) is 22.6 Å². The zero-order valence-corrected chi connectivity index (χ0v) is 14.8. The van der Waals surface area contributed by atoms with Gasteiger partial charge in [0.25, 0.3) is 0 Å². The van der Waals surface area contributed by atoms with Crippen molar-refractivity contribution >= 4 is 5.91 Å². The second-order valence-corrected chi connectivity index (χ2v) is 6.05. The second-order valence-electron chi connectivity index (χ2n) is 6.05. The molecule has 0 saturated heterocycles. The molecule has 0 heterocycles. The van der Waals surface area contributed by atoms with E-state index in [0.29, 0.717) is 31.8 Å². The number of carbonyl (C=O) groups is 1. The summed E-state index contributed by atoms with van der Waals surface area (Å²) in [5.41, 5.74) is 2.50. The summed E-state index contributed by atoms with van der Waals surface area (Å²) in [6.45, 7) is 4.21. The topological polar surface area (TPSA) is 41.6 Å². The molecule has 0 unspecified atom stereocenters. The van der Waals surface area contributed by atoms with Gasteiger partial charge in [0.1, 0.15) is 5.82 Å². The molecule has 0 radical (unpaired) electrons. The van der Waals surface area contributed by atoms with Crippen molar-refractivity contribution < 1.29 is 13.9 Å². The van der Waals surface area contributed by atoms with Crippen LogP contribution >= 0.6 is 0 Å². The van der Waals surface area contributed by atoms with Crippen LogP contribution in [0.25, 0.3) is 0 Å². The minimum Gasteiger partial charge on any atom is -0.383 e. The van der Waals surface area contributed by atoms with Crippen molar-refractivity contribution in [2.45, 2.75) is 20.0 Å². The number of nitrogens with one attached hydrogen (secondary N) is 1. The van der Waals surface area contributed by atoms with Crippen LogP contribution in [-0.4, -0.2) is 37.6 Å². The predicted octanol–water partition coefficient (Wildman–Crippen LogP) is 2.90. The van der Waals surface area contributed by atoms with Crippen molar-refractivity contribution in [3.63, 3.8) is 0 Å². The highest BCUT2D eigenvalue weighted by molar-refractivity contribution is 5.78. The van der Waals surface area contributed by atoms with E-state index in [1.165, 1.54) is 6.07 Å². The lowest BCUT2D eigenvalue weighted by molar-refractivity contribution is -0.122. The maximum atomic E-state index is 13.6. The van der Waals surface area contributed by atoms with Gasteiger partial charge in [0, 0.05) is 26.7 Å². The number of nitrogens with zero attached hydrogens (tertiary/aromatic N) is 1. The number of benzene rings is 2. The zero-order chi connectivity index (χ0) is 18.1. The Balaban J connectivity index is 1.88. The van der Waals surface area contributed by atoms with Gasteiger partial charge in [0.15, 0.2) is 0 Å². The van der Waals surface area contributed by atoms with Gasteiger partial charge < -0.3 is 10.1 Å². The number of aryl methyl sites for hydroxylation is 1. The smallest absolute Gasteiger partial charge is 0.234 e. The summed E-state index contributed by atoms with van der Waals surface area (Å²) in [6, 6.07) is 15.0. The first kappa shape index (κ1) is 19.1. The number of hydrogen-bond acceptors (Lipinski definition) is 3. The van der Waals surface area contributed by atoms with Crippen molar-refractivity contribution in [1.29, 1.82) is 0 Å². The molecule has 0 spiro atoms. The van der Waals surface area contributed by atoms with Gasteiger partial charge in [-0.25, -0.2) is 4.39 Å². The quantitative estimate of drug-likeness (QED) is 0.760. The molecular weight excluding hydrogens is 319 g/mol. The number of ether oxygens (including phenoxy) is 1. The molecule has 4 nitrogen and oxygen atoms in total. The van der Waals surface area contributed by atoms with Crippen LogP contribution < -0.4 is 5.32 Å². The van der Waals surface area contributed by atoms with Gasteiger partial charge in [0.05, 0.1) is 13.2 Å². The van der Waals surface area contributed by atoms with Gasteiger partial charge in [-0.2, -0.15) is 0 Å². The van der Waals surface area contributed by atoms with E-state index in [-0.39, 0.29) is 18.3 Å². The Morgan fingerprint density at radius 1 is 1.16 bits per heavy atom. The summed E-state index contributed by atoms with van der Waals surface area (Å²) < 4.78 is 18.7. The third-order valence-electron chi connectivity index (χ3n) is 3.95. The Bertz CT molecular complexity index is 677. The number of amides is 1. The van der Waals surface area contributed by atoms with E-state index in [1.54, 1.807) is 20.1 Å². The Morgan fingerprint density at radius 2 is 1.92 bits per heavy atom. The number of rotatable bonds is 9. The highest BCUT2D eigenvalue weighted by atomic mass is 19.1. The third kappa shape index (κ3) is 6.64. The summed E-state index contributed by atoms with van der Waals surface area (Å²) in [4.78, 5) is 14.3. The molecule has 134 valence electrons. The molecule has 0 aliphatic heterocycles. The van der Waals surface area contributed by atoms with Gasteiger partial charge in [0.2, 0.25) is 5.91 Å². The first-order chi connectivity index (χ1) is 12.1. The Morgan fingerprint density at radius 3 is 2.60 bits per heavy atom. The first-order valence-electron chi connectivity index (χ1n) is 8.35. The van der Waals surface area contributed by atoms with Crippen LogP contribution in [0.3, 0.4) is 0 Å². The molecule has 0 aliphatic carbocycles. The lowest BCUT2D eigenvalue weighted by atomic mass is 10.1. The van der Waals surface area contributed by atoms with E-state index in [9.17, 15) is 9.18 Å². The van der Waals surface area contributed by atoms with E-state index >= 15 is 0 Å². The molecule has 0 saturated carbocycles. The molecule has 0 aliphatic rings. The van der Waals surface area contributed by atoms with Gasteiger partial charge in [-0.1, -0.05) is 42.5 Å². The van der Waals surface area contributed by atoms with Crippen LogP contribution in [0.4, 0.5) is 4.39 Å². The molecule has 0 fully saturated rings. The molecule has 1 N–H and O–H groups in total. The van der Waals surface area contributed by atoms with Crippen LogP contribution in [0.1, 0.15) is 16.7 Å². The normalized spacial score (nSPS) is 10.9. The molecule has 1 amide bonds. The highest BCUT2D eigenvalue weighted by Crippen LogP contribution is 2.09. The van der Waals surface area contributed by atoms with E-state index in [0.717, 1.165) is 11.1 Å². The largest absolute Gasteiger partial charge is 0.383 e. The van der Waals surface area contributed by atoms with Crippen LogP contribution in [0.2, 0.25) is 0 Å². The SMILES string of the molecule is COCCN(CC(=O)NCc1ccc(C)c(F)c1)Cc1ccccc1. The van der Waals surface area contributed by atoms with Crippen molar-refractivity contribution in [2.75, 3.05) is 26.8 Å². The number of methoxy groups -OCH3 is 1. The molecular formula is C20H25FN2O2. The fourth-order valence-electron chi connectivity index (χ4n) is 2.48. The average molecular weight is 344 g/mol. The standard InChI is InChI=1S/C20H25FN2O2/c1-16-8-9-18(12-19(16)21)13-22-20(24)15-23(10-11-25-2)14-17-6-4-3-5-7-17/h3-9,12H,10-11,13-15H2,1-2H3,(H,22,24). The van der Waals surface area contributed by atoms with Crippen molar-refractivity contribution in [1.82, 2.24) is 10.2 Å². The average Bonchev–Trinajstić information content (AvgIpc) is 2.61. The number of halogens is 1. The highest BCUT2D eigenvalue weighted by Gasteiger charge is 2.11. The molecule has 5 heteroatoms. The minimum atomic E-state index is -0.252. The maximum absolute atomic E-state index is 13.6. The molecule has 25 heavy (non-hydrogen) atoms. The first-order valence-corrected chi connectivity index (χ1v) is 8.35. The number of hydrogen-bond donors (Lipinski definition) is 1. The van der Waals surface area contributed by atoms with Crippen molar-refractivity contribution in [3.05, 3.63) is 71.0 Å². The summed E-state index contributed by atoms with van der Waals surface area (Å²) in [5.74, 6) is -0.342. The fraction of sp³-hybridized carbons (Fsp3) is 0.350. The summed E-state index contributed by atoms with van der Waals surface area (Å²) in [7, 11) is 1.65. The Kier molecular flexibility index (Phi) is 7.57. The van der Waals surface area contributed by atoms with Gasteiger partial charge >= 0.3 is 0 Å². The predicted molar refractivity (Wildman–Crippen MR) is 96.6 cm³/mol. The number of carbonyl (C=O) groups excluding carboxylic acids is 1. The van der Waals surface area contributed by atoms with Crippen LogP contribution in [0.5, 0.6) is 0 Å². The van der Waals surface area contributed by atoms with E-state index in [2.05, 4.69) is 5.32 Å². The zero-order valence-electron chi connectivity index (χ0n) is 14.8. The van der Waals surface area contributed by atoms with Crippen molar-refractivity contribution in [3.8, 4) is 0 Å². The van der Waals surface area contributed by atoms with E-state index in [1.807, 2.05) is 41.3 Å². The molecule has 2 aromatic carbocycles. The minimum absolute atomic E-state index is 0.0898. The lowest BCUT2D eigenvalue weighted by Crippen LogP contribution is -2.38. The van der Waals surface area contributed by atoms with Crippen LogP contribution in [0, 0.1) is 12.7 Å². The summed E-state index contributed by atoms with van der Waals surface area (Å²) >= 11 is 0. The Labute approximate surface area is 148 Å². The maximum Gasteiger partial charge on any atom is 0.234 e. The fourth-order valence-corrected chi connectivity index (χ4v) is 2.48. The lowest BCUT2D eigenvalue weighted by Gasteiger charge is -2.21. The van der Waals surface area contributed by atoms with Gasteiger partial charge in [-0.05, 0) is 29.7 Å². The summed E-state index contributed by atoms with van der Waals surface area (Å²) in [5, 5.41) is 2.85. The molecule has 0 aromatic heterocycles. The van der Waals surface area contributed by atoms with Gasteiger partial charge in [-0.3, -0.25) is 9.69 Å². The molecule has 2 aromatic rings. The monoisotopic (exact) mass is 344 g/mol. The van der Waals surface area contributed by atoms with E-state index < -0.39 is 0 Å². The van der Waals surface area contributed by atoms with Gasteiger partial charge in [-0.15, -0.1) is 0 Å². The summed E-state index contributed by atoms with van der Waals surface area (Å²) in [6.07, 6.45) is 0. The Hall–Kier alpha value is -2.24. The molecule has 0 bridgehead atoms. The van der Waals surface area contributed by atoms with Crippen molar-refractivity contribution in [2.24, 2.45) is 0 Å². The molecule has 2 rings (SSSR count). The van der Waals surface area contributed by atoms with E-state index in [4.69, 9.17) is 4.74 Å². The van der Waals surface area contributed by atoms with Crippen LogP contribution in [0.15, 0.2) is 48.5 Å².